The molecule has 1 N–H and O–H groups in total. The molecule has 3 aromatic carbocycles. The Hall–Kier alpha value is -2.26. The van der Waals surface area contributed by atoms with Crippen molar-refractivity contribution in [2.75, 3.05) is 24.7 Å². The third-order valence-corrected chi connectivity index (χ3v) is 9.96. The summed E-state index contributed by atoms with van der Waals surface area (Å²) in [6.45, 7) is 2.70. The number of nitrogens with zero attached hydrogens (tertiary/aromatic N) is 1. The summed E-state index contributed by atoms with van der Waals surface area (Å²) in [5, 5.41) is 3.06. The topological polar surface area (TPSA) is 66.5 Å². The highest BCUT2D eigenvalue weighted by molar-refractivity contribution is 7.98. The molecule has 0 saturated carbocycles. The van der Waals surface area contributed by atoms with E-state index in [1.165, 1.54) is 14.8 Å². The van der Waals surface area contributed by atoms with Crippen LogP contribution in [0, 0.1) is 12.8 Å². The van der Waals surface area contributed by atoms with Gasteiger partial charge in [0.25, 0.3) is 0 Å². The average molecular weight is 527 g/mol. The van der Waals surface area contributed by atoms with E-state index < -0.39 is 10.0 Å². The molecule has 0 aliphatic carbocycles. The van der Waals surface area contributed by atoms with Gasteiger partial charge in [-0.15, -0.1) is 23.5 Å². The molecule has 0 unspecified atom stereocenters. The van der Waals surface area contributed by atoms with Crippen LogP contribution in [0.2, 0.25) is 0 Å². The maximum atomic E-state index is 13.0. The van der Waals surface area contributed by atoms with Gasteiger partial charge in [0, 0.05) is 40.2 Å². The number of sulfonamides is 1. The first kappa shape index (κ1) is 25.8. The van der Waals surface area contributed by atoms with Gasteiger partial charge in [0.1, 0.15) is 0 Å². The van der Waals surface area contributed by atoms with Crippen molar-refractivity contribution >= 4 is 45.1 Å². The van der Waals surface area contributed by atoms with Gasteiger partial charge in [-0.25, -0.2) is 8.42 Å². The van der Waals surface area contributed by atoms with Gasteiger partial charge >= 0.3 is 0 Å². The van der Waals surface area contributed by atoms with Crippen molar-refractivity contribution in [3.8, 4) is 0 Å². The van der Waals surface area contributed by atoms with Gasteiger partial charge in [-0.1, -0.05) is 30.3 Å². The highest BCUT2D eigenvalue weighted by atomic mass is 32.2. The minimum atomic E-state index is -3.54. The first-order chi connectivity index (χ1) is 16.9. The summed E-state index contributed by atoms with van der Waals surface area (Å²) in [5.74, 6) is 0.625. The summed E-state index contributed by atoms with van der Waals surface area (Å²) in [5.41, 5.74) is 3.05. The number of nitrogens with one attached hydrogen (secondary N) is 1. The number of hydrogen-bond donors (Lipinski definition) is 1. The van der Waals surface area contributed by atoms with Crippen molar-refractivity contribution in [2.45, 2.75) is 40.2 Å². The van der Waals surface area contributed by atoms with E-state index in [9.17, 15) is 13.2 Å². The number of thioether (sulfide) groups is 2. The minimum absolute atomic E-state index is 0.0408. The van der Waals surface area contributed by atoms with Crippen LogP contribution in [0.25, 0.3) is 0 Å². The summed E-state index contributed by atoms with van der Waals surface area (Å²) in [6.07, 6.45) is 2.98. The maximum Gasteiger partial charge on any atom is 0.243 e. The van der Waals surface area contributed by atoms with E-state index in [0.717, 1.165) is 21.9 Å². The largest absolute Gasteiger partial charge is 0.326 e. The molecule has 1 aliphatic heterocycles. The molecule has 0 aromatic heterocycles. The number of hydrogen-bond acceptors (Lipinski definition) is 5. The van der Waals surface area contributed by atoms with Gasteiger partial charge in [0.2, 0.25) is 15.9 Å². The molecule has 1 saturated heterocycles. The van der Waals surface area contributed by atoms with Crippen LogP contribution in [0.15, 0.2) is 87.5 Å². The standard InChI is InChI=1S/C27H30N2O3S3/c1-20-18-21(19-34-24-6-4-3-5-7-24)8-13-26(20)28-27(30)22-14-16-29(17-15-22)35(31,32)25-11-9-23(33-2)10-12-25/h3-13,18,22H,14-17,19H2,1-2H3,(H,28,30). The molecule has 8 heteroatoms. The van der Waals surface area contributed by atoms with Crippen LogP contribution < -0.4 is 5.32 Å². The van der Waals surface area contributed by atoms with E-state index >= 15 is 0 Å². The molecule has 184 valence electrons. The van der Waals surface area contributed by atoms with E-state index in [4.69, 9.17) is 0 Å². The first-order valence-corrected chi connectivity index (χ1v) is 15.2. The third kappa shape index (κ3) is 6.50. The Morgan fingerprint density at radius 1 is 0.971 bits per heavy atom. The molecular formula is C27H30N2O3S3. The van der Waals surface area contributed by atoms with Crippen molar-refractivity contribution in [1.82, 2.24) is 4.31 Å². The van der Waals surface area contributed by atoms with Gasteiger partial charge in [0.05, 0.1) is 4.90 Å². The summed E-state index contributed by atoms with van der Waals surface area (Å²) in [4.78, 5) is 15.5. The summed E-state index contributed by atoms with van der Waals surface area (Å²) >= 11 is 3.36. The molecule has 0 radical (unpaired) electrons. The number of anilines is 1. The zero-order chi connectivity index (χ0) is 24.8. The van der Waals surface area contributed by atoms with Gasteiger partial charge in [0.15, 0.2) is 0 Å². The normalized spacial score (nSPS) is 15.1. The molecule has 35 heavy (non-hydrogen) atoms. The number of benzene rings is 3. The Kier molecular flexibility index (Phi) is 8.59. The van der Waals surface area contributed by atoms with E-state index in [-0.39, 0.29) is 11.8 Å². The molecule has 3 aromatic rings. The number of carbonyl (C=O) groups is 1. The summed E-state index contributed by atoms with van der Waals surface area (Å²) in [7, 11) is -3.54. The first-order valence-electron chi connectivity index (χ1n) is 11.6. The van der Waals surface area contributed by atoms with Crippen molar-refractivity contribution < 1.29 is 13.2 Å². The predicted molar refractivity (Wildman–Crippen MR) is 146 cm³/mol. The molecule has 0 spiro atoms. The minimum Gasteiger partial charge on any atom is -0.326 e. The number of rotatable bonds is 8. The fourth-order valence-electron chi connectivity index (χ4n) is 4.13. The Morgan fingerprint density at radius 2 is 1.66 bits per heavy atom. The van der Waals surface area contributed by atoms with Gasteiger partial charge < -0.3 is 5.32 Å². The van der Waals surface area contributed by atoms with Crippen LogP contribution in [0.4, 0.5) is 5.69 Å². The summed E-state index contributed by atoms with van der Waals surface area (Å²) in [6, 6.07) is 23.4. The lowest BCUT2D eigenvalue weighted by Gasteiger charge is -2.30. The van der Waals surface area contributed by atoms with Crippen molar-refractivity contribution in [1.29, 1.82) is 0 Å². The van der Waals surface area contributed by atoms with Crippen LogP contribution in [-0.2, 0) is 20.6 Å². The summed E-state index contributed by atoms with van der Waals surface area (Å²) < 4.78 is 27.5. The Morgan fingerprint density at radius 3 is 2.29 bits per heavy atom. The Labute approximate surface area is 216 Å². The van der Waals surface area contributed by atoms with Crippen molar-refractivity contribution in [2.24, 2.45) is 5.92 Å². The van der Waals surface area contributed by atoms with Gasteiger partial charge in [-0.05, 0) is 79.6 Å². The average Bonchev–Trinajstić information content (AvgIpc) is 2.89. The highest BCUT2D eigenvalue weighted by Gasteiger charge is 2.32. The second kappa shape index (κ2) is 11.6. The van der Waals surface area contributed by atoms with Crippen LogP contribution in [0.3, 0.4) is 0 Å². The lowest BCUT2D eigenvalue weighted by atomic mass is 9.97. The molecule has 0 atom stereocenters. The number of amides is 1. The van der Waals surface area contributed by atoms with Crippen LogP contribution in [0.5, 0.6) is 0 Å². The lowest BCUT2D eigenvalue weighted by molar-refractivity contribution is -0.120. The molecule has 1 heterocycles. The van der Waals surface area contributed by atoms with Gasteiger partial charge in [-0.2, -0.15) is 4.31 Å². The molecular weight excluding hydrogens is 497 g/mol. The Bertz CT molecular complexity index is 1250. The lowest BCUT2D eigenvalue weighted by Crippen LogP contribution is -2.41. The third-order valence-electron chi connectivity index (χ3n) is 6.22. The quantitative estimate of drug-likeness (QED) is 0.362. The second-order valence-corrected chi connectivity index (χ2v) is 12.5. The zero-order valence-electron chi connectivity index (χ0n) is 19.9. The van der Waals surface area contributed by atoms with Crippen LogP contribution in [0.1, 0.15) is 24.0 Å². The maximum absolute atomic E-state index is 13.0. The van der Waals surface area contributed by atoms with E-state index in [2.05, 4.69) is 29.6 Å². The molecule has 5 nitrogen and oxygen atoms in total. The number of aryl methyl sites for hydroxylation is 1. The number of piperidine rings is 1. The fourth-order valence-corrected chi connectivity index (χ4v) is 6.87. The predicted octanol–water partition coefficient (Wildman–Crippen LogP) is 6.05. The smallest absolute Gasteiger partial charge is 0.243 e. The SMILES string of the molecule is CSc1ccc(S(=O)(=O)N2CCC(C(=O)Nc3ccc(CSc4ccccc4)cc3C)CC2)cc1. The monoisotopic (exact) mass is 526 g/mol. The fraction of sp³-hybridized carbons (Fsp3) is 0.296. The molecule has 1 amide bonds. The highest BCUT2D eigenvalue weighted by Crippen LogP contribution is 2.28. The van der Waals surface area contributed by atoms with Crippen LogP contribution in [-0.4, -0.2) is 38.0 Å². The van der Waals surface area contributed by atoms with E-state index in [0.29, 0.717) is 30.8 Å². The molecule has 1 aliphatic rings. The Balaban J connectivity index is 1.31. The molecule has 1 fully saturated rings. The van der Waals surface area contributed by atoms with E-state index in [1.54, 1.807) is 35.7 Å². The van der Waals surface area contributed by atoms with Crippen molar-refractivity contribution in [3.63, 3.8) is 0 Å². The molecule has 4 rings (SSSR count). The van der Waals surface area contributed by atoms with Crippen molar-refractivity contribution in [3.05, 3.63) is 83.9 Å². The zero-order valence-corrected chi connectivity index (χ0v) is 22.4. The molecule has 0 bridgehead atoms. The number of carbonyl (C=O) groups excluding carboxylic acids is 1. The van der Waals surface area contributed by atoms with Gasteiger partial charge in [-0.3, -0.25) is 4.79 Å². The van der Waals surface area contributed by atoms with E-state index in [1.807, 2.05) is 49.6 Å². The second-order valence-electron chi connectivity index (χ2n) is 8.59. The van der Waals surface area contributed by atoms with Crippen LogP contribution >= 0.6 is 23.5 Å².